The fourth-order valence-corrected chi connectivity index (χ4v) is 3.14. The topological polar surface area (TPSA) is 55.4 Å². The number of rotatable bonds is 9. The molecule has 0 aliphatic heterocycles. The summed E-state index contributed by atoms with van der Waals surface area (Å²) in [6.07, 6.45) is 6.94. The van der Waals surface area contributed by atoms with Crippen molar-refractivity contribution in [2.45, 2.75) is 44.6 Å². The summed E-state index contributed by atoms with van der Waals surface area (Å²) < 4.78 is 5.24. The second-order valence-electron chi connectivity index (χ2n) is 6.72. The highest BCUT2D eigenvalue weighted by Gasteiger charge is 2.26. The van der Waals surface area contributed by atoms with Crippen molar-refractivity contribution in [2.75, 3.05) is 6.61 Å². The van der Waals surface area contributed by atoms with Gasteiger partial charge in [0.2, 0.25) is 0 Å². The number of benzene rings is 2. The van der Waals surface area contributed by atoms with Crippen LogP contribution in [0.2, 0.25) is 0 Å². The maximum Gasteiger partial charge on any atom is 0.307 e. The van der Waals surface area contributed by atoms with Crippen LogP contribution < -0.4 is 5.32 Å². The van der Waals surface area contributed by atoms with E-state index in [4.69, 9.17) is 11.2 Å². The summed E-state index contributed by atoms with van der Waals surface area (Å²) in [6, 6.07) is 19.6. The third-order valence-corrected chi connectivity index (χ3v) is 5.00. The first-order valence-electron chi connectivity index (χ1n) is 9.58. The molecule has 0 spiro atoms. The number of carbonyl (C=O) groups excluding carboxylic acids is 2. The number of amides is 1. The minimum atomic E-state index is -0.694. The van der Waals surface area contributed by atoms with Crippen molar-refractivity contribution >= 4 is 11.9 Å². The van der Waals surface area contributed by atoms with Crippen LogP contribution in [-0.4, -0.2) is 24.0 Å². The van der Waals surface area contributed by atoms with Gasteiger partial charge in [0.25, 0.3) is 5.91 Å². The van der Waals surface area contributed by atoms with E-state index < -0.39 is 11.5 Å². The summed E-state index contributed by atoms with van der Waals surface area (Å²) in [5.41, 5.74) is 1.36. The molecule has 0 unspecified atom stereocenters. The number of hydrogen-bond acceptors (Lipinski definition) is 3. The molecular weight excluding hydrogens is 350 g/mol. The Labute approximate surface area is 167 Å². The fraction of sp³-hybridized carbons (Fsp3) is 0.333. The summed E-state index contributed by atoms with van der Waals surface area (Å²) >= 11 is 0. The predicted octanol–water partition coefficient (Wildman–Crippen LogP) is 4.06. The third kappa shape index (κ3) is 5.72. The van der Waals surface area contributed by atoms with Crippen LogP contribution in [0.1, 0.15) is 50.2 Å². The average molecular weight is 377 g/mol. The molecule has 0 bridgehead atoms. The second-order valence-corrected chi connectivity index (χ2v) is 6.72. The standard InChI is InChI=1S/C24H27NO3/c1-4-24(5-2,6-3)25-22(26)18-28-23(27)17-21(19-13-9-7-10-14-19)20-15-11-8-12-16-20/h1,7-16,21H,5-6,17-18H2,2-3H3,(H,25,26). The number of esters is 1. The molecule has 1 amide bonds. The number of carbonyl (C=O) groups is 2. The lowest BCUT2D eigenvalue weighted by Crippen LogP contribution is -2.48. The largest absolute Gasteiger partial charge is 0.456 e. The van der Waals surface area contributed by atoms with E-state index in [0.29, 0.717) is 12.8 Å². The van der Waals surface area contributed by atoms with Gasteiger partial charge in [-0.3, -0.25) is 9.59 Å². The van der Waals surface area contributed by atoms with Crippen LogP contribution in [0.25, 0.3) is 0 Å². The van der Waals surface area contributed by atoms with E-state index in [9.17, 15) is 9.59 Å². The number of ether oxygens (including phenoxy) is 1. The van der Waals surface area contributed by atoms with Gasteiger partial charge in [0, 0.05) is 5.92 Å². The monoisotopic (exact) mass is 377 g/mol. The first-order valence-corrected chi connectivity index (χ1v) is 9.58. The van der Waals surface area contributed by atoms with Crippen LogP contribution >= 0.6 is 0 Å². The van der Waals surface area contributed by atoms with Gasteiger partial charge >= 0.3 is 5.97 Å². The van der Waals surface area contributed by atoms with Crippen molar-refractivity contribution in [2.24, 2.45) is 0 Å². The zero-order chi connectivity index (χ0) is 20.4. The van der Waals surface area contributed by atoms with Gasteiger partial charge in [0.1, 0.15) is 5.54 Å². The van der Waals surface area contributed by atoms with Crippen LogP contribution in [0.15, 0.2) is 60.7 Å². The quantitative estimate of drug-likeness (QED) is 0.530. The van der Waals surface area contributed by atoms with Gasteiger partial charge in [-0.1, -0.05) is 80.4 Å². The molecule has 2 aromatic rings. The molecule has 0 atom stereocenters. The van der Waals surface area contributed by atoms with Crippen molar-refractivity contribution in [3.8, 4) is 12.3 Å². The van der Waals surface area contributed by atoms with Crippen molar-refractivity contribution in [1.82, 2.24) is 5.32 Å². The molecule has 0 radical (unpaired) electrons. The molecule has 2 aromatic carbocycles. The normalized spacial score (nSPS) is 10.9. The SMILES string of the molecule is C#CC(CC)(CC)NC(=O)COC(=O)CC(c1ccccc1)c1ccccc1. The van der Waals surface area contributed by atoms with Gasteiger partial charge < -0.3 is 10.1 Å². The Morgan fingerprint density at radius 2 is 1.50 bits per heavy atom. The van der Waals surface area contributed by atoms with E-state index in [2.05, 4.69) is 11.2 Å². The maximum absolute atomic E-state index is 12.4. The van der Waals surface area contributed by atoms with Gasteiger partial charge in [-0.2, -0.15) is 0 Å². The van der Waals surface area contributed by atoms with Crippen LogP contribution in [0, 0.1) is 12.3 Å². The molecule has 0 heterocycles. The number of terminal acetylenes is 1. The van der Waals surface area contributed by atoms with Crippen molar-refractivity contribution in [3.05, 3.63) is 71.8 Å². The highest BCUT2D eigenvalue weighted by atomic mass is 16.5. The average Bonchev–Trinajstić information content (AvgIpc) is 2.75. The molecule has 0 fully saturated rings. The van der Waals surface area contributed by atoms with Gasteiger partial charge in [-0.15, -0.1) is 6.42 Å². The Bertz CT molecular complexity index is 765. The maximum atomic E-state index is 12.4. The fourth-order valence-electron chi connectivity index (χ4n) is 3.14. The summed E-state index contributed by atoms with van der Waals surface area (Å²) in [6.45, 7) is 3.50. The first kappa shape index (κ1) is 21.2. The molecule has 0 aliphatic carbocycles. The molecule has 2 rings (SSSR count). The van der Waals surface area contributed by atoms with Crippen LogP contribution in [-0.2, 0) is 14.3 Å². The Balaban J connectivity index is 2.01. The first-order chi connectivity index (χ1) is 13.5. The van der Waals surface area contributed by atoms with E-state index in [1.807, 2.05) is 74.5 Å². The Hall–Kier alpha value is -3.06. The smallest absolute Gasteiger partial charge is 0.307 e. The van der Waals surface area contributed by atoms with Gasteiger partial charge in [-0.05, 0) is 24.0 Å². The van der Waals surface area contributed by atoms with Crippen molar-refractivity contribution < 1.29 is 14.3 Å². The Morgan fingerprint density at radius 3 is 1.93 bits per heavy atom. The lowest BCUT2D eigenvalue weighted by atomic mass is 9.89. The van der Waals surface area contributed by atoms with Gasteiger partial charge in [0.15, 0.2) is 6.61 Å². The highest BCUT2D eigenvalue weighted by molar-refractivity contribution is 5.81. The zero-order valence-electron chi connectivity index (χ0n) is 16.5. The van der Waals surface area contributed by atoms with Crippen LogP contribution in [0.5, 0.6) is 0 Å². The Kier molecular flexibility index (Phi) is 7.83. The van der Waals surface area contributed by atoms with Gasteiger partial charge in [-0.25, -0.2) is 0 Å². The van der Waals surface area contributed by atoms with E-state index in [1.165, 1.54) is 0 Å². The predicted molar refractivity (Wildman–Crippen MR) is 111 cm³/mol. The lowest BCUT2D eigenvalue weighted by molar-refractivity contribution is -0.149. The summed E-state index contributed by atoms with van der Waals surface area (Å²) in [4.78, 5) is 24.6. The minimum absolute atomic E-state index is 0.131. The molecular formula is C24H27NO3. The highest BCUT2D eigenvalue weighted by Crippen LogP contribution is 2.28. The summed E-state index contributed by atoms with van der Waals surface area (Å²) in [5.74, 6) is 1.70. The van der Waals surface area contributed by atoms with Crippen LogP contribution in [0.3, 0.4) is 0 Å². The van der Waals surface area contributed by atoms with Crippen molar-refractivity contribution in [3.63, 3.8) is 0 Å². The van der Waals surface area contributed by atoms with E-state index in [0.717, 1.165) is 11.1 Å². The van der Waals surface area contributed by atoms with E-state index in [-0.39, 0.29) is 24.9 Å². The minimum Gasteiger partial charge on any atom is -0.456 e. The third-order valence-electron chi connectivity index (χ3n) is 5.00. The molecule has 4 nitrogen and oxygen atoms in total. The summed E-state index contributed by atoms with van der Waals surface area (Å²) in [5, 5.41) is 2.80. The molecule has 28 heavy (non-hydrogen) atoms. The summed E-state index contributed by atoms with van der Waals surface area (Å²) in [7, 11) is 0. The molecule has 0 aliphatic rings. The second kappa shape index (κ2) is 10.3. The molecule has 0 saturated carbocycles. The van der Waals surface area contributed by atoms with Crippen molar-refractivity contribution in [1.29, 1.82) is 0 Å². The molecule has 0 saturated heterocycles. The van der Waals surface area contributed by atoms with E-state index >= 15 is 0 Å². The molecule has 1 N–H and O–H groups in total. The number of nitrogens with one attached hydrogen (secondary N) is 1. The molecule has 0 aromatic heterocycles. The lowest BCUT2D eigenvalue weighted by Gasteiger charge is -2.26. The van der Waals surface area contributed by atoms with E-state index in [1.54, 1.807) is 0 Å². The molecule has 146 valence electrons. The van der Waals surface area contributed by atoms with Crippen LogP contribution in [0.4, 0.5) is 0 Å². The van der Waals surface area contributed by atoms with Gasteiger partial charge in [0.05, 0.1) is 6.42 Å². The number of hydrogen-bond donors (Lipinski definition) is 1. The Morgan fingerprint density at radius 1 is 1.00 bits per heavy atom. The molecule has 4 heteroatoms. The zero-order valence-corrected chi connectivity index (χ0v) is 16.5.